The van der Waals surface area contributed by atoms with E-state index < -0.39 is 6.04 Å². The molecule has 2 aromatic heterocycles. The quantitative estimate of drug-likeness (QED) is 0.391. The van der Waals surface area contributed by atoms with Crippen molar-refractivity contribution in [1.82, 2.24) is 13.7 Å². The summed E-state index contributed by atoms with van der Waals surface area (Å²) < 4.78 is 4.84. The molecule has 0 aliphatic carbocycles. The van der Waals surface area contributed by atoms with Crippen molar-refractivity contribution in [3.8, 4) is 22.7 Å². The average Bonchev–Trinajstić information content (AvgIpc) is 3.24. The van der Waals surface area contributed by atoms with Crippen molar-refractivity contribution in [1.29, 1.82) is 0 Å². The summed E-state index contributed by atoms with van der Waals surface area (Å²) >= 11 is 0. The maximum atomic E-state index is 13.7. The molecule has 0 saturated carbocycles. The lowest BCUT2D eigenvalue weighted by atomic mass is 9.97. The lowest BCUT2D eigenvalue weighted by Gasteiger charge is -2.32. The smallest absolute Gasteiger partial charge is 0.331 e. The Hall–Kier alpha value is -4.52. The number of hydrogen-bond donors (Lipinski definition) is 2. The molecule has 0 unspecified atom stereocenters. The number of benzene rings is 3. The first-order valence-corrected chi connectivity index (χ1v) is 11.8. The van der Waals surface area contributed by atoms with Gasteiger partial charge in [-0.15, -0.1) is 0 Å². The molecule has 5 aromatic rings. The highest BCUT2D eigenvalue weighted by Gasteiger charge is 2.35. The molecule has 7 nitrogen and oxygen atoms in total. The van der Waals surface area contributed by atoms with Gasteiger partial charge in [0, 0.05) is 14.1 Å². The van der Waals surface area contributed by atoms with Crippen molar-refractivity contribution in [2.24, 2.45) is 14.1 Å². The highest BCUT2D eigenvalue weighted by atomic mass is 16.3. The molecule has 7 heteroatoms. The van der Waals surface area contributed by atoms with E-state index in [1.165, 1.54) is 11.6 Å². The minimum absolute atomic E-state index is 0.149. The molecule has 180 valence electrons. The first-order valence-electron chi connectivity index (χ1n) is 11.8. The number of phenols is 1. The van der Waals surface area contributed by atoms with Crippen LogP contribution < -0.4 is 16.6 Å². The summed E-state index contributed by atoms with van der Waals surface area (Å²) in [6, 6.07) is 20.7. The van der Waals surface area contributed by atoms with Crippen LogP contribution in [-0.4, -0.2) is 18.8 Å². The summed E-state index contributed by atoms with van der Waals surface area (Å²) in [4.78, 5) is 26.9. The Labute approximate surface area is 207 Å². The Morgan fingerprint density at radius 3 is 2.31 bits per heavy atom. The summed E-state index contributed by atoms with van der Waals surface area (Å²) in [7, 11) is 3.22. The van der Waals surface area contributed by atoms with Crippen LogP contribution in [0.2, 0.25) is 0 Å². The topological polar surface area (TPSA) is 81.2 Å². The number of phenolic OH excluding ortho intramolecular Hbond substituents is 1. The predicted octanol–water partition coefficient (Wildman–Crippen LogP) is 4.53. The first-order chi connectivity index (χ1) is 17.3. The molecule has 0 fully saturated rings. The number of anilines is 1. The Morgan fingerprint density at radius 2 is 1.58 bits per heavy atom. The number of rotatable bonds is 2. The number of aromatic nitrogens is 3. The first kappa shape index (κ1) is 22.0. The molecule has 3 aromatic carbocycles. The molecule has 0 amide bonds. The number of nitrogens with one attached hydrogen (secondary N) is 1. The lowest BCUT2D eigenvalue weighted by molar-refractivity contribution is 0.474. The van der Waals surface area contributed by atoms with Gasteiger partial charge in [0.05, 0.1) is 39.7 Å². The van der Waals surface area contributed by atoms with E-state index in [1.807, 2.05) is 36.4 Å². The lowest BCUT2D eigenvalue weighted by Crippen LogP contribution is -2.37. The van der Waals surface area contributed by atoms with Crippen molar-refractivity contribution < 1.29 is 5.11 Å². The summed E-state index contributed by atoms with van der Waals surface area (Å²) in [5.41, 5.74) is 7.17. The zero-order valence-electron chi connectivity index (χ0n) is 20.5. The number of aryl methyl sites for hydroxylation is 3. The van der Waals surface area contributed by atoms with Crippen LogP contribution in [0, 0.1) is 13.8 Å². The van der Waals surface area contributed by atoms with Gasteiger partial charge in [-0.2, -0.15) is 0 Å². The van der Waals surface area contributed by atoms with Gasteiger partial charge in [0.2, 0.25) is 0 Å². The Bertz CT molecular complexity index is 1810. The Morgan fingerprint density at radius 1 is 0.861 bits per heavy atom. The summed E-state index contributed by atoms with van der Waals surface area (Å²) in [5.74, 6) is 0.149. The van der Waals surface area contributed by atoms with E-state index in [0.29, 0.717) is 10.9 Å². The molecule has 0 radical (unpaired) electrons. The minimum Gasteiger partial charge on any atom is -0.508 e. The largest absolute Gasteiger partial charge is 0.508 e. The molecule has 1 aliphatic heterocycles. The molecule has 2 N–H and O–H groups in total. The Balaban J connectivity index is 1.88. The van der Waals surface area contributed by atoms with Gasteiger partial charge in [0.1, 0.15) is 5.75 Å². The zero-order valence-corrected chi connectivity index (χ0v) is 20.5. The molecular weight excluding hydrogens is 452 g/mol. The van der Waals surface area contributed by atoms with Crippen LogP contribution in [0.4, 0.5) is 5.69 Å². The molecule has 0 saturated heterocycles. The normalized spacial score (nSPS) is 14.4. The number of fused-ring (bicyclic) bond motifs is 5. The van der Waals surface area contributed by atoms with Crippen molar-refractivity contribution >= 4 is 16.6 Å². The van der Waals surface area contributed by atoms with Crippen molar-refractivity contribution in [3.63, 3.8) is 0 Å². The van der Waals surface area contributed by atoms with E-state index in [4.69, 9.17) is 0 Å². The van der Waals surface area contributed by atoms with Crippen LogP contribution in [-0.2, 0) is 14.1 Å². The van der Waals surface area contributed by atoms with Crippen LogP contribution >= 0.6 is 0 Å². The monoisotopic (exact) mass is 478 g/mol. The average molecular weight is 479 g/mol. The highest BCUT2D eigenvalue weighted by molar-refractivity contribution is 5.99. The third kappa shape index (κ3) is 2.99. The molecule has 6 rings (SSSR count). The Kier molecular flexibility index (Phi) is 4.73. The molecule has 36 heavy (non-hydrogen) atoms. The molecule has 0 spiro atoms. The van der Waals surface area contributed by atoms with Crippen molar-refractivity contribution in [2.75, 3.05) is 5.32 Å². The van der Waals surface area contributed by atoms with E-state index in [1.54, 1.807) is 29.8 Å². The molecule has 3 heterocycles. The van der Waals surface area contributed by atoms with Gasteiger partial charge >= 0.3 is 5.69 Å². The fourth-order valence-corrected chi connectivity index (χ4v) is 5.35. The van der Waals surface area contributed by atoms with Crippen LogP contribution in [0.5, 0.6) is 5.75 Å². The highest BCUT2D eigenvalue weighted by Crippen LogP contribution is 2.46. The summed E-state index contributed by atoms with van der Waals surface area (Å²) in [6.07, 6.45) is 0. The molecular formula is C29H26N4O3. The number of aromatic hydroxyl groups is 1. The van der Waals surface area contributed by atoms with E-state index in [9.17, 15) is 14.7 Å². The van der Waals surface area contributed by atoms with Gasteiger partial charge in [-0.05, 0) is 60.4 Å². The molecule has 1 aliphatic rings. The second-order valence-electron chi connectivity index (χ2n) is 9.49. The fourth-order valence-electron chi connectivity index (χ4n) is 5.35. The summed E-state index contributed by atoms with van der Waals surface area (Å²) in [5, 5.41) is 14.4. The van der Waals surface area contributed by atoms with Crippen LogP contribution in [0.3, 0.4) is 0 Å². The van der Waals surface area contributed by atoms with Crippen LogP contribution in [0.25, 0.3) is 27.8 Å². The van der Waals surface area contributed by atoms with Crippen LogP contribution in [0.15, 0.2) is 76.3 Å². The number of nitrogens with zero attached hydrogens (tertiary/aromatic N) is 3. The van der Waals surface area contributed by atoms with Crippen molar-refractivity contribution in [2.45, 2.75) is 19.9 Å². The maximum absolute atomic E-state index is 13.7. The van der Waals surface area contributed by atoms with Gasteiger partial charge < -0.3 is 15.0 Å². The van der Waals surface area contributed by atoms with Crippen molar-refractivity contribution in [3.05, 3.63) is 110 Å². The molecule has 1 atom stereocenters. The van der Waals surface area contributed by atoms with Gasteiger partial charge in [0.25, 0.3) is 5.56 Å². The van der Waals surface area contributed by atoms with E-state index >= 15 is 0 Å². The second kappa shape index (κ2) is 7.75. The van der Waals surface area contributed by atoms with Gasteiger partial charge in [-0.25, -0.2) is 4.79 Å². The predicted molar refractivity (Wildman–Crippen MR) is 142 cm³/mol. The minimum atomic E-state index is -0.413. The third-order valence-corrected chi connectivity index (χ3v) is 7.29. The van der Waals surface area contributed by atoms with Gasteiger partial charge in [-0.3, -0.25) is 13.9 Å². The fraction of sp³-hybridized carbons (Fsp3) is 0.172. The zero-order chi connectivity index (χ0) is 25.3. The van der Waals surface area contributed by atoms with Gasteiger partial charge in [0.15, 0.2) is 0 Å². The van der Waals surface area contributed by atoms with E-state index in [0.717, 1.165) is 45.0 Å². The number of hydrogen-bond acceptors (Lipinski definition) is 4. The standard InChI is InChI=1S/C29H26N4O3/c1-16-13-21-22(14-17(16)2)33-25(18-9-6-5-7-10-18)23-26(31(3)29(36)32(4)28(23)35)27(33)24(30-21)19-11-8-12-20(34)15-19/h5-15,24,30,34H,1-4H3/t24-/m1/s1. The van der Waals surface area contributed by atoms with E-state index in [2.05, 4.69) is 35.9 Å². The summed E-state index contributed by atoms with van der Waals surface area (Å²) in [6.45, 7) is 4.14. The van der Waals surface area contributed by atoms with E-state index in [-0.39, 0.29) is 17.0 Å². The third-order valence-electron chi connectivity index (χ3n) is 7.29. The molecule has 0 bridgehead atoms. The second-order valence-corrected chi connectivity index (χ2v) is 9.49. The SMILES string of the molecule is Cc1cc2c(cc1C)-n1c(-c3ccccc3)c3c(=O)n(C)c(=O)n(C)c3c1[C@@H](c1cccc(O)c1)N2. The van der Waals surface area contributed by atoms with Gasteiger partial charge in [-0.1, -0.05) is 42.5 Å². The van der Waals surface area contributed by atoms with Crippen LogP contribution in [0.1, 0.15) is 28.4 Å². The maximum Gasteiger partial charge on any atom is 0.331 e.